The number of nitrogens with zero attached hydrogens (tertiary/aromatic N) is 2. The Kier molecular flexibility index (Phi) is 2.73. The van der Waals surface area contributed by atoms with Crippen molar-refractivity contribution in [3.8, 4) is 11.1 Å². The molecule has 0 N–H and O–H groups in total. The van der Waals surface area contributed by atoms with Crippen LogP contribution in [0.1, 0.15) is 17.7 Å². The van der Waals surface area contributed by atoms with Gasteiger partial charge in [-0.1, -0.05) is 23.8 Å². The van der Waals surface area contributed by atoms with E-state index in [0.717, 1.165) is 22.3 Å². The Balaban J connectivity index is 2.42. The third kappa shape index (κ3) is 1.96. The Labute approximate surface area is 92.5 Å². The summed E-state index contributed by atoms with van der Waals surface area (Å²) in [6, 6.07) is 5.91. The zero-order valence-electron chi connectivity index (χ0n) is 9.11. The molecule has 0 aliphatic heterocycles. The van der Waals surface area contributed by atoms with E-state index < -0.39 is 6.55 Å². The van der Waals surface area contributed by atoms with Gasteiger partial charge in [0.1, 0.15) is 0 Å². The van der Waals surface area contributed by atoms with Crippen molar-refractivity contribution in [2.45, 2.75) is 20.4 Å². The van der Waals surface area contributed by atoms with Gasteiger partial charge in [0.15, 0.2) is 0 Å². The van der Waals surface area contributed by atoms with E-state index in [1.807, 2.05) is 32.0 Å². The minimum atomic E-state index is -2.58. The maximum absolute atomic E-state index is 12.4. The van der Waals surface area contributed by atoms with E-state index in [9.17, 15) is 8.78 Å². The van der Waals surface area contributed by atoms with Gasteiger partial charge in [-0.15, -0.1) is 0 Å². The van der Waals surface area contributed by atoms with Crippen molar-refractivity contribution in [3.63, 3.8) is 0 Å². The van der Waals surface area contributed by atoms with Crippen LogP contribution in [0, 0.1) is 13.8 Å². The van der Waals surface area contributed by atoms with Crippen LogP contribution in [0.3, 0.4) is 0 Å². The summed E-state index contributed by atoms with van der Waals surface area (Å²) in [6.07, 6.45) is 2.83. The summed E-state index contributed by atoms with van der Waals surface area (Å²) in [5.41, 5.74) is 3.88. The first-order valence-corrected chi connectivity index (χ1v) is 4.98. The molecular weight excluding hydrogens is 210 g/mol. The Morgan fingerprint density at radius 1 is 1.25 bits per heavy atom. The summed E-state index contributed by atoms with van der Waals surface area (Å²) >= 11 is 0. The third-order valence-corrected chi connectivity index (χ3v) is 2.49. The second-order valence-electron chi connectivity index (χ2n) is 3.81. The highest BCUT2D eigenvalue weighted by molar-refractivity contribution is 5.66. The fraction of sp³-hybridized carbons (Fsp3) is 0.250. The molecule has 0 spiro atoms. The Morgan fingerprint density at radius 3 is 2.56 bits per heavy atom. The Bertz CT molecular complexity index is 503. The maximum Gasteiger partial charge on any atom is 0.333 e. The largest absolute Gasteiger partial charge is 0.333 e. The Hall–Kier alpha value is -1.71. The van der Waals surface area contributed by atoms with E-state index in [1.165, 1.54) is 12.4 Å². The van der Waals surface area contributed by atoms with Gasteiger partial charge in [0.05, 0.1) is 6.20 Å². The monoisotopic (exact) mass is 222 g/mol. The molecule has 4 heteroatoms. The highest BCUT2D eigenvalue weighted by Crippen LogP contribution is 2.24. The van der Waals surface area contributed by atoms with Crippen molar-refractivity contribution in [2.24, 2.45) is 0 Å². The Morgan fingerprint density at radius 2 is 2.00 bits per heavy atom. The van der Waals surface area contributed by atoms with Gasteiger partial charge in [-0.25, -0.2) is 4.68 Å². The van der Waals surface area contributed by atoms with Crippen LogP contribution in [0.15, 0.2) is 30.6 Å². The number of rotatable bonds is 2. The third-order valence-electron chi connectivity index (χ3n) is 2.49. The van der Waals surface area contributed by atoms with Crippen molar-refractivity contribution in [1.82, 2.24) is 9.78 Å². The minimum Gasteiger partial charge on any atom is -0.211 e. The second kappa shape index (κ2) is 4.04. The van der Waals surface area contributed by atoms with Crippen molar-refractivity contribution in [3.05, 3.63) is 41.7 Å². The van der Waals surface area contributed by atoms with Crippen molar-refractivity contribution in [2.75, 3.05) is 0 Å². The number of aryl methyl sites for hydroxylation is 2. The molecule has 0 unspecified atom stereocenters. The molecule has 1 heterocycles. The molecule has 2 rings (SSSR count). The molecule has 0 saturated heterocycles. The van der Waals surface area contributed by atoms with Gasteiger partial charge < -0.3 is 0 Å². The molecule has 0 fully saturated rings. The van der Waals surface area contributed by atoms with Crippen LogP contribution in [-0.4, -0.2) is 9.78 Å². The van der Waals surface area contributed by atoms with Gasteiger partial charge in [0, 0.05) is 11.8 Å². The van der Waals surface area contributed by atoms with Crippen molar-refractivity contribution < 1.29 is 8.78 Å². The molecule has 0 amide bonds. The molecule has 16 heavy (non-hydrogen) atoms. The fourth-order valence-electron chi connectivity index (χ4n) is 1.72. The predicted octanol–water partition coefficient (Wildman–Crippen LogP) is 3.56. The number of alkyl halides is 2. The van der Waals surface area contributed by atoms with Crippen LogP contribution < -0.4 is 0 Å². The molecule has 0 radical (unpaired) electrons. The highest BCUT2D eigenvalue weighted by Gasteiger charge is 2.09. The zero-order chi connectivity index (χ0) is 11.7. The molecule has 0 bridgehead atoms. The average molecular weight is 222 g/mol. The lowest BCUT2D eigenvalue weighted by molar-refractivity contribution is 0.0566. The number of hydrogen-bond acceptors (Lipinski definition) is 1. The SMILES string of the molecule is Cc1ccc(-c2cnn(C(F)F)c2)c(C)c1. The maximum atomic E-state index is 12.4. The number of halogens is 2. The summed E-state index contributed by atoms with van der Waals surface area (Å²) in [5.74, 6) is 0. The molecular formula is C12H12F2N2. The van der Waals surface area contributed by atoms with Gasteiger partial charge >= 0.3 is 6.55 Å². The number of hydrogen-bond donors (Lipinski definition) is 0. The second-order valence-corrected chi connectivity index (χ2v) is 3.81. The highest BCUT2D eigenvalue weighted by atomic mass is 19.3. The van der Waals surface area contributed by atoms with Crippen molar-refractivity contribution in [1.29, 1.82) is 0 Å². The van der Waals surface area contributed by atoms with Crippen LogP contribution in [-0.2, 0) is 0 Å². The standard InChI is InChI=1S/C12H12F2N2/c1-8-3-4-11(9(2)5-8)10-6-15-16(7-10)12(13)14/h3-7,12H,1-2H3. The number of benzene rings is 1. The molecule has 84 valence electrons. The van der Waals surface area contributed by atoms with E-state index in [4.69, 9.17) is 0 Å². The lowest BCUT2D eigenvalue weighted by Gasteiger charge is -2.03. The molecule has 0 aliphatic carbocycles. The van der Waals surface area contributed by atoms with E-state index >= 15 is 0 Å². The van der Waals surface area contributed by atoms with Gasteiger partial charge in [0.25, 0.3) is 0 Å². The minimum absolute atomic E-state index is 0.661. The van der Waals surface area contributed by atoms with E-state index in [2.05, 4.69) is 5.10 Å². The molecule has 2 nitrogen and oxygen atoms in total. The normalized spacial score (nSPS) is 11.1. The predicted molar refractivity (Wildman–Crippen MR) is 58.4 cm³/mol. The summed E-state index contributed by atoms with van der Waals surface area (Å²) < 4.78 is 25.4. The van der Waals surface area contributed by atoms with Crippen molar-refractivity contribution >= 4 is 0 Å². The van der Waals surface area contributed by atoms with E-state index in [-0.39, 0.29) is 0 Å². The lowest BCUT2D eigenvalue weighted by atomic mass is 10.0. The summed E-state index contributed by atoms with van der Waals surface area (Å²) in [4.78, 5) is 0. The van der Waals surface area contributed by atoms with Crippen LogP contribution in [0.4, 0.5) is 8.78 Å². The molecule has 0 saturated carbocycles. The first-order valence-electron chi connectivity index (χ1n) is 4.98. The van der Waals surface area contributed by atoms with Crippen LogP contribution in [0.25, 0.3) is 11.1 Å². The smallest absolute Gasteiger partial charge is 0.211 e. The molecule has 1 aromatic heterocycles. The fourth-order valence-corrected chi connectivity index (χ4v) is 1.72. The first-order chi connectivity index (χ1) is 7.58. The summed E-state index contributed by atoms with van der Waals surface area (Å²) in [7, 11) is 0. The zero-order valence-corrected chi connectivity index (χ0v) is 9.11. The molecule has 0 atom stereocenters. The molecule has 1 aromatic carbocycles. The van der Waals surface area contributed by atoms with Gasteiger partial charge in [-0.2, -0.15) is 13.9 Å². The quantitative estimate of drug-likeness (QED) is 0.759. The van der Waals surface area contributed by atoms with E-state index in [0.29, 0.717) is 4.68 Å². The van der Waals surface area contributed by atoms with Gasteiger partial charge in [-0.3, -0.25) is 0 Å². The van der Waals surface area contributed by atoms with Crippen LogP contribution >= 0.6 is 0 Å². The topological polar surface area (TPSA) is 17.8 Å². The van der Waals surface area contributed by atoms with Crippen LogP contribution in [0.5, 0.6) is 0 Å². The van der Waals surface area contributed by atoms with Gasteiger partial charge in [0.2, 0.25) is 0 Å². The average Bonchev–Trinajstić information content (AvgIpc) is 2.66. The number of aromatic nitrogens is 2. The summed E-state index contributed by atoms with van der Waals surface area (Å²) in [6.45, 7) is 1.38. The van der Waals surface area contributed by atoms with Gasteiger partial charge in [-0.05, 0) is 25.0 Å². The van der Waals surface area contributed by atoms with E-state index in [1.54, 1.807) is 0 Å². The summed E-state index contributed by atoms with van der Waals surface area (Å²) in [5, 5.41) is 3.62. The van der Waals surface area contributed by atoms with Crippen LogP contribution in [0.2, 0.25) is 0 Å². The lowest BCUT2D eigenvalue weighted by Crippen LogP contribution is -1.96. The molecule has 0 aliphatic rings. The molecule has 2 aromatic rings. The first kappa shape index (κ1) is 10.8.